The van der Waals surface area contributed by atoms with Crippen LogP contribution in [0.1, 0.15) is 46.5 Å². The van der Waals surface area contributed by atoms with Crippen LogP contribution >= 0.6 is 0 Å². The molecule has 2 N–H and O–H groups in total. The number of aliphatic hydroxyl groups is 1. The van der Waals surface area contributed by atoms with Gasteiger partial charge in [0.15, 0.2) is 0 Å². The first kappa shape index (κ1) is 14.9. The van der Waals surface area contributed by atoms with Gasteiger partial charge in [0.25, 0.3) is 0 Å². The third-order valence-corrected chi connectivity index (χ3v) is 3.66. The number of hydrogen-bond acceptors (Lipinski definition) is 3. The average Bonchev–Trinajstić information content (AvgIpc) is 2.18. The molecule has 0 spiro atoms. The summed E-state index contributed by atoms with van der Waals surface area (Å²) in [6.07, 6.45) is 4.83. The van der Waals surface area contributed by atoms with E-state index in [0.29, 0.717) is 18.5 Å². The lowest BCUT2D eigenvalue weighted by molar-refractivity contribution is 0.0362. The van der Waals surface area contributed by atoms with E-state index in [4.69, 9.17) is 0 Å². The van der Waals surface area contributed by atoms with E-state index >= 15 is 0 Å². The van der Waals surface area contributed by atoms with Crippen LogP contribution in [-0.4, -0.2) is 48.3 Å². The van der Waals surface area contributed by atoms with Gasteiger partial charge in [-0.2, -0.15) is 0 Å². The number of hydrogen-bond donors (Lipinski definition) is 2. The predicted octanol–water partition coefficient (Wildman–Crippen LogP) is 1.86. The first-order chi connectivity index (χ1) is 7.91. The second-order valence-electron chi connectivity index (χ2n) is 6.36. The Morgan fingerprint density at radius 1 is 1.41 bits per heavy atom. The van der Waals surface area contributed by atoms with Gasteiger partial charge in [0, 0.05) is 19.1 Å². The molecule has 102 valence electrons. The standard InChI is InChI=1S/C14H30N2O/c1-12(2)9-14(3,17)11-15-10-13-7-5-6-8-16(13)4/h12-13,15,17H,5-11H2,1-4H3. The Kier molecular flexibility index (Phi) is 5.90. The summed E-state index contributed by atoms with van der Waals surface area (Å²) in [4.78, 5) is 2.44. The van der Waals surface area contributed by atoms with Crippen molar-refractivity contribution in [2.75, 3.05) is 26.7 Å². The van der Waals surface area contributed by atoms with Crippen LogP contribution in [0.25, 0.3) is 0 Å². The van der Waals surface area contributed by atoms with Crippen molar-refractivity contribution in [1.29, 1.82) is 0 Å². The zero-order valence-corrected chi connectivity index (χ0v) is 12.0. The van der Waals surface area contributed by atoms with Crippen molar-refractivity contribution in [1.82, 2.24) is 10.2 Å². The second kappa shape index (κ2) is 6.72. The van der Waals surface area contributed by atoms with Gasteiger partial charge >= 0.3 is 0 Å². The second-order valence-corrected chi connectivity index (χ2v) is 6.36. The first-order valence-electron chi connectivity index (χ1n) is 7.04. The van der Waals surface area contributed by atoms with E-state index in [0.717, 1.165) is 13.0 Å². The number of likely N-dealkylation sites (N-methyl/N-ethyl adjacent to an activating group) is 1. The highest BCUT2D eigenvalue weighted by molar-refractivity contribution is 4.81. The van der Waals surface area contributed by atoms with Crippen LogP contribution in [0.4, 0.5) is 0 Å². The summed E-state index contributed by atoms with van der Waals surface area (Å²) in [6, 6.07) is 0.651. The molecule has 0 saturated carbocycles. The van der Waals surface area contributed by atoms with Gasteiger partial charge in [-0.3, -0.25) is 0 Å². The number of likely N-dealkylation sites (tertiary alicyclic amines) is 1. The fraction of sp³-hybridized carbons (Fsp3) is 1.00. The van der Waals surface area contributed by atoms with Gasteiger partial charge in [-0.15, -0.1) is 0 Å². The number of nitrogens with zero attached hydrogens (tertiary/aromatic N) is 1. The summed E-state index contributed by atoms with van der Waals surface area (Å²) in [5.41, 5.74) is -0.568. The molecule has 0 aromatic rings. The minimum Gasteiger partial charge on any atom is -0.389 e. The van der Waals surface area contributed by atoms with Crippen molar-refractivity contribution < 1.29 is 5.11 Å². The zero-order chi connectivity index (χ0) is 12.9. The molecule has 1 fully saturated rings. The fourth-order valence-electron chi connectivity index (χ4n) is 2.86. The van der Waals surface area contributed by atoms with E-state index in [2.05, 4.69) is 31.1 Å². The summed E-state index contributed by atoms with van der Waals surface area (Å²) in [7, 11) is 2.21. The molecule has 1 aliphatic heterocycles. The van der Waals surface area contributed by atoms with Crippen molar-refractivity contribution in [3.05, 3.63) is 0 Å². The van der Waals surface area contributed by atoms with Crippen LogP contribution in [0.15, 0.2) is 0 Å². The fourth-order valence-corrected chi connectivity index (χ4v) is 2.86. The van der Waals surface area contributed by atoms with Gasteiger partial charge < -0.3 is 15.3 Å². The molecule has 1 saturated heterocycles. The smallest absolute Gasteiger partial charge is 0.0746 e. The van der Waals surface area contributed by atoms with Crippen LogP contribution < -0.4 is 5.32 Å². The zero-order valence-electron chi connectivity index (χ0n) is 12.0. The van der Waals surface area contributed by atoms with Gasteiger partial charge in [0.1, 0.15) is 0 Å². The summed E-state index contributed by atoms with van der Waals surface area (Å²) in [5, 5.41) is 13.6. The predicted molar refractivity (Wildman–Crippen MR) is 73.2 cm³/mol. The van der Waals surface area contributed by atoms with E-state index in [1.807, 2.05) is 6.92 Å². The minimum atomic E-state index is -0.568. The molecule has 3 heteroatoms. The molecular weight excluding hydrogens is 212 g/mol. The van der Waals surface area contributed by atoms with Crippen LogP contribution in [0.3, 0.4) is 0 Å². The maximum atomic E-state index is 10.2. The molecule has 0 radical (unpaired) electrons. The normalized spacial score (nSPS) is 26.1. The average molecular weight is 242 g/mol. The molecule has 0 bridgehead atoms. The maximum Gasteiger partial charge on any atom is 0.0746 e. The summed E-state index contributed by atoms with van der Waals surface area (Å²) in [5.74, 6) is 0.546. The lowest BCUT2D eigenvalue weighted by Crippen LogP contribution is -2.47. The summed E-state index contributed by atoms with van der Waals surface area (Å²) in [6.45, 7) is 9.17. The Morgan fingerprint density at radius 3 is 2.71 bits per heavy atom. The third kappa shape index (κ3) is 5.84. The molecule has 2 atom stereocenters. The van der Waals surface area contributed by atoms with Gasteiger partial charge in [-0.1, -0.05) is 20.3 Å². The quantitative estimate of drug-likeness (QED) is 0.746. The Morgan fingerprint density at radius 2 is 2.12 bits per heavy atom. The summed E-state index contributed by atoms with van der Waals surface area (Å²) < 4.78 is 0. The lowest BCUT2D eigenvalue weighted by atomic mass is 9.94. The largest absolute Gasteiger partial charge is 0.389 e. The van der Waals surface area contributed by atoms with E-state index in [1.165, 1.54) is 25.8 Å². The van der Waals surface area contributed by atoms with E-state index < -0.39 is 5.60 Å². The van der Waals surface area contributed by atoms with Crippen LogP contribution in [0.2, 0.25) is 0 Å². The molecule has 0 amide bonds. The van der Waals surface area contributed by atoms with Crippen LogP contribution in [0.5, 0.6) is 0 Å². The van der Waals surface area contributed by atoms with E-state index in [-0.39, 0.29) is 0 Å². The van der Waals surface area contributed by atoms with Gasteiger partial charge in [-0.05, 0) is 45.7 Å². The van der Waals surface area contributed by atoms with Crippen LogP contribution in [-0.2, 0) is 0 Å². The molecule has 0 aromatic carbocycles. The Bertz CT molecular complexity index is 216. The van der Waals surface area contributed by atoms with Crippen molar-refractivity contribution in [3.8, 4) is 0 Å². The highest BCUT2D eigenvalue weighted by Gasteiger charge is 2.23. The Hall–Kier alpha value is -0.120. The van der Waals surface area contributed by atoms with Crippen molar-refractivity contribution in [3.63, 3.8) is 0 Å². The summed E-state index contributed by atoms with van der Waals surface area (Å²) >= 11 is 0. The first-order valence-corrected chi connectivity index (χ1v) is 7.04. The van der Waals surface area contributed by atoms with Crippen molar-refractivity contribution in [2.24, 2.45) is 5.92 Å². The monoisotopic (exact) mass is 242 g/mol. The molecule has 0 aliphatic carbocycles. The third-order valence-electron chi connectivity index (χ3n) is 3.66. The number of rotatable bonds is 6. The van der Waals surface area contributed by atoms with E-state index in [9.17, 15) is 5.11 Å². The Labute approximate surface area is 107 Å². The number of nitrogens with one attached hydrogen (secondary N) is 1. The van der Waals surface area contributed by atoms with Crippen molar-refractivity contribution >= 4 is 0 Å². The SMILES string of the molecule is CC(C)CC(C)(O)CNCC1CCCCN1C. The Balaban J connectivity index is 2.22. The molecule has 1 aliphatic rings. The van der Waals surface area contributed by atoms with Crippen molar-refractivity contribution in [2.45, 2.75) is 58.1 Å². The molecule has 2 unspecified atom stereocenters. The number of piperidine rings is 1. The molecule has 1 rings (SSSR count). The molecule has 3 nitrogen and oxygen atoms in total. The lowest BCUT2D eigenvalue weighted by Gasteiger charge is -2.34. The van der Waals surface area contributed by atoms with Gasteiger partial charge in [0.05, 0.1) is 5.60 Å². The molecule has 1 heterocycles. The minimum absolute atomic E-state index is 0.546. The molecule has 0 aromatic heterocycles. The highest BCUT2D eigenvalue weighted by Crippen LogP contribution is 2.16. The molecular formula is C14H30N2O. The maximum absolute atomic E-state index is 10.2. The van der Waals surface area contributed by atoms with Gasteiger partial charge in [0.2, 0.25) is 0 Å². The molecule has 17 heavy (non-hydrogen) atoms. The topological polar surface area (TPSA) is 35.5 Å². The van der Waals surface area contributed by atoms with Crippen LogP contribution in [0, 0.1) is 5.92 Å². The highest BCUT2D eigenvalue weighted by atomic mass is 16.3. The van der Waals surface area contributed by atoms with Gasteiger partial charge in [-0.25, -0.2) is 0 Å². The van der Waals surface area contributed by atoms with E-state index in [1.54, 1.807) is 0 Å².